The third-order valence-electron chi connectivity index (χ3n) is 6.76. The number of amides is 2. The molecule has 0 N–H and O–H groups in total. The third kappa shape index (κ3) is 5.13. The zero-order chi connectivity index (χ0) is 25.9. The Morgan fingerprint density at radius 1 is 0.838 bits per heavy atom. The van der Waals surface area contributed by atoms with Crippen molar-refractivity contribution in [1.82, 2.24) is 0 Å². The number of fused-ring (bicyclic) bond motifs is 1. The highest BCUT2D eigenvalue weighted by Crippen LogP contribution is 2.43. The van der Waals surface area contributed by atoms with Gasteiger partial charge in [0.1, 0.15) is 11.5 Å². The van der Waals surface area contributed by atoms with Gasteiger partial charge in [0, 0.05) is 10.6 Å². The summed E-state index contributed by atoms with van der Waals surface area (Å²) in [6.07, 6.45) is 3.23. The zero-order valence-electron chi connectivity index (χ0n) is 19.9. The number of anilines is 1. The summed E-state index contributed by atoms with van der Waals surface area (Å²) in [5.41, 5.74) is 1.03. The van der Waals surface area contributed by atoms with Crippen LogP contribution in [-0.4, -0.2) is 30.2 Å². The molecule has 5 rings (SSSR count). The molecule has 2 amide bonds. The molecule has 37 heavy (non-hydrogen) atoms. The quantitative estimate of drug-likeness (QED) is 0.178. The molecule has 0 bridgehead atoms. The number of carbonyl (C=O) groups is 4. The lowest BCUT2D eigenvalue weighted by atomic mass is 9.81. The molecule has 7 nitrogen and oxygen atoms in total. The van der Waals surface area contributed by atoms with Gasteiger partial charge in [0.2, 0.25) is 11.8 Å². The first-order chi connectivity index (χ1) is 17.9. The van der Waals surface area contributed by atoms with E-state index in [1.165, 1.54) is 23.1 Å². The number of ketones is 1. The average molecular weight is 518 g/mol. The van der Waals surface area contributed by atoms with Gasteiger partial charge in [-0.2, -0.15) is 0 Å². The third-order valence-corrected chi connectivity index (χ3v) is 6.99. The molecule has 3 aromatic rings. The van der Waals surface area contributed by atoms with E-state index >= 15 is 0 Å². The number of rotatable bonds is 7. The fourth-order valence-electron chi connectivity index (χ4n) is 4.86. The lowest BCUT2D eigenvalue weighted by Crippen LogP contribution is -2.31. The Bertz CT molecular complexity index is 1330. The second kappa shape index (κ2) is 10.6. The van der Waals surface area contributed by atoms with Crippen molar-refractivity contribution in [3.63, 3.8) is 0 Å². The van der Waals surface area contributed by atoms with Gasteiger partial charge in [-0.3, -0.25) is 14.4 Å². The van der Waals surface area contributed by atoms with Gasteiger partial charge in [0.25, 0.3) is 0 Å². The highest BCUT2D eigenvalue weighted by atomic mass is 35.5. The minimum Gasteiger partial charge on any atom is -0.483 e. The van der Waals surface area contributed by atoms with Gasteiger partial charge >= 0.3 is 5.97 Å². The number of hydrogen-bond donors (Lipinski definition) is 0. The van der Waals surface area contributed by atoms with Crippen molar-refractivity contribution >= 4 is 40.9 Å². The molecule has 1 saturated carbocycles. The fourth-order valence-corrected chi connectivity index (χ4v) is 5.03. The van der Waals surface area contributed by atoms with Crippen LogP contribution in [-0.2, 0) is 9.59 Å². The lowest BCUT2D eigenvalue weighted by molar-refractivity contribution is -0.122. The van der Waals surface area contributed by atoms with Gasteiger partial charge in [-0.05, 0) is 67.4 Å². The number of Topliss-reactive ketones (excluding diaryl/α,β-unsaturated/α-hetero) is 1. The summed E-state index contributed by atoms with van der Waals surface area (Å²) in [6, 6.07) is 19.4. The normalized spacial score (nSPS) is 18.9. The predicted octanol–water partition coefficient (Wildman–Crippen LogP) is 5.50. The van der Waals surface area contributed by atoms with Crippen LogP contribution in [0, 0.1) is 11.8 Å². The number of imide groups is 1. The number of halogens is 1. The molecular formula is C29H24ClNO6. The maximum atomic E-state index is 13.1. The summed E-state index contributed by atoms with van der Waals surface area (Å²) in [5.74, 6) is -1.40. The molecule has 1 aliphatic heterocycles. The van der Waals surface area contributed by atoms with E-state index in [0.29, 0.717) is 34.7 Å². The van der Waals surface area contributed by atoms with Crippen molar-refractivity contribution in [2.45, 2.75) is 25.7 Å². The van der Waals surface area contributed by atoms with Crippen LogP contribution in [0.4, 0.5) is 5.69 Å². The summed E-state index contributed by atoms with van der Waals surface area (Å²) in [7, 11) is 0. The topological polar surface area (TPSA) is 90.0 Å². The van der Waals surface area contributed by atoms with E-state index < -0.39 is 5.97 Å². The van der Waals surface area contributed by atoms with Crippen molar-refractivity contribution in [2.24, 2.45) is 11.8 Å². The van der Waals surface area contributed by atoms with Crippen LogP contribution < -0.4 is 14.4 Å². The minimum atomic E-state index is -0.496. The van der Waals surface area contributed by atoms with E-state index in [1.54, 1.807) is 54.6 Å². The number of carbonyl (C=O) groups excluding carboxylic acids is 4. The monoisotopic (exact) mass is 517 g/mol. The smallest absolute Gasteiger partial charge is 0.343 e. The Labute approximate surface area is 218 Å². The molecule has 0 aromatic heterocycles. The Morgan fingerprint density at radius 2 is 1.49 bits per heavy atom. The van der Waals surface area contributed by atoms with Crippen LogP contribution in [0.15, 0.2) is 72.8 Å². The molecule has 1 heterocycles. The minimum absolute atomic E-state index is 0.228. The van der Waals surface area contributed by atoms with Crippen molar-refractivity contribution in [3.8, 4) is 11.5 Å². The number of nitrogens with zero attached hydrogens (tertiary/aromatic N) is 1. The Balaban J connectivity index is 1.27. The number of esters is 1. The molecular weight excluding hydrogens is 494 g/mol. The summed E-state index contributed by atoms with van der Waals surface area (Å²) in [4.78, 5) is 52.3. The van der Waals surface area contributed by atoms with Gasteiger partial charge < -0.3 is 9.47 Å². The Hall–Kier alpha value is -3.97. The molecule has 2 aliphatic rings. The summed E-state index contributed by atoms with van der Waals surface area (Å²) in [6.45, 7) is -0.319. The van der Waals surface area contributed by atoms with E-state index in [4.69, 9.17) is 21.1 Å². The van der Waals surface area contributed by atoms with Gasteiger partial charge in [-0.15, -0.1) is 0 Å². The maximum absolute atomic E-state index is 13.1. The zero-order valence-corrected chi connectivity index (χ0v) is 20.6. The standard InChI is InChI=1S/C29H24ClNO6/c30-20-12-15-26(24(16-20)31-27(33)22-8-4-5-9-23(22)28(31)34)36-17-25(32)18-10-13-21(14-11-18)37-29(35)19-6-2-1-3-7-19/h1-3,6-7,10-16,22-23H,4-5,8-9,17H2/t22-,23+. The van der Waals surface area contributed by atoms with E-state index in [2.05, 4.69) is 0 Å². The largest absolute Gasteiger partial charge is 0.483 e. The first-order valence-corrected chi connectivity index (χ1v) is 12.5. The Morgan fingerprint density at radius 3 is 2.14 bits per heavy atom. The fraction of sp³-hybridized carbons (Fsp3) is 0.241. The molecule has 3 aromatic carbocycles. The van der Waals surface area contributed by atoms with Crippen LogP contribution >= 0.6 is 11.6 Å². The van der Waals surface area contributed by atoms with Crippen molar-refractivity contribution < 1.29 is 28.7 Å². The lowest BCUT2D eigenvalue weighted by Gasteiger charge is -2.19. The summed E-state index contributed by atoms with van der Waals surface area (Å²) < 4.78 is 11.1. The van der Waals surface area contributed by atoms with Crippen molar-refractivity contribution in [1.29, 1.82) is 0 Å². The van der Waals surface area contributed by atoms with Gasteiger partial charge in [-0.1, -0.05) is 42.6 Å². The van der Waals surface area contributed by atoms with Crippen LogP contribution in [0.1, 0.15) is 46.4 Å². The van der Waals surface area contributed by atoms with Gasteiger partial charge in [0.15, 0.2) is 12.4 Å². The Kier molecular flexibility index (Phi) is 7.06. The molecule has 0 spiro atoms. The SMILES string of the molecule is O=C(COc1ccc(Cl)cc1N1C(=O)[C@H]2CCCC[C@H]2C1=O)c1ccc(OC(=O)c2ccccc2)cc1. The first kappa shape index (κ1) is 24.7. The molecule has 2 atom stereocenters. The molecule has 0 radical (unpaired) electrons. The van der Waals surface area contributed by atoms with Crippen LogP contribution in [0.25, 0.3) is 0 Å². The molecule has 8 heteroatoms. The molecule has 2 fully saturated rings. The summed E-state index contributed by atoms with van der Waals surface area (Å²) >= 11 is 6.18. The summed E-state index contributed by atoms with van der Waals surface area (Å²) in [5, 5.41) is 0.352. The maximum Gasteiger partial charge on any atom is 0.343 e. The van der Waals surface area contributed by atoms with Gasteiger partial charge in [-0.25, -0.2) is 9.69 Å². The van der Waals surface area contributed by atoms with E-state index in [9.17, 15) is 19.2 Å². The molecule has 188 valence electrons. The van der Waals surface area contributed by atoms with Crippen LogP contribution in [0.3, 0.4) is 0 Å². The highest BCUT2D eigenvalue weighted by Gasteiger charge is 2.49. The highest BCUT2D eigenvalue weighted by molar-refractivity contribution is 6.31. The number of ether oxygens (including phenoxy) is 2. The van der Waals surface area contributed by atoms with E-state index in [-0.39, 0.29) is 47.5 Å². The van der Waals surface area contributed by atoms with Gasteiger partial charge in [0.05, 0.1) is 23.1 Å². The molecule has 1 saturated heterocycles. The molecule has 0 unspecified atom stereocenters. The van der Waals surface area contributed by atoms with Crippen molar-refractivity contribution in [3.05, 3.63) is 88.9 Å². The second-order valence-corrected chi connectivity index (χ2v) is 9.55. The number of hydrogen-bond acceptors (Lipinski definition) is 6. The van der Waals surface area contributed by atoms with Crippen molar-refractivity contribution in [2.75, 3.05) is 11.5 Å². The van der Waals surface area contributed by atoms with E-state index in [0.717, 1.165) is 12.8 Å². The van der Waals surface area contributed by atoms with E-state index in [1.807, 2.05) is 0 Å². The van der Waals surface area contributed by atoms with Crippen LogP contribution in [0.2, 0.25) is 5.02 Å². The average Bonchev–Trinajstić information content (AvgIpc) is 3.18. The predicted molar refractivity (Wildman–Crippen MR) is 137 cm³/mol. The first-order valence-electron chi connectivity index (χ1n) is 12.1. The molecule has 1 aliphatic carbocycles. The van der Waals surface area contributed by atoms with Crippen LogP contribution in [0.5, 0.6) is 11.5 Å². The second-order valence-electron chi connectivity index (χ2n) is 9.11. The number of benzene rings is 3.